The Hall–Kier alpha value is -2.69. The zero-order valence-electron chi connectivity index (χ0n) is 13.5. The quantitative estimate of drug-likeness (QED) is 0.687. The van der Waals surface area contributed by atoms with Crippen molar-refractivity contribution in [1.29, 1.82) is 0 Å². The highest BCUT2D eigenvalue weighted by molar-refractivity contribution is 5.84. The summed E-state index contributed by atoms with van der Waals surface area (Å²) in [4.78, 5) is 10.6. The first-order valence-electron chi connectivity index (χ1n) is 7.69. The number of hydrogen-bond acceptors (Lipinski definition) is 3. The molecule has 4 heteroatoms. The van der Waals surface area contributed by atoms with E-state index in [1.165, 1.54) is 5.56 Å². The molecule has 3 aromatic rings. The van der Waals surface area contributed by atoms with Crippen molar-refractivity contribution in [1.82, 2.24) is 0 Å². The van der Waals surface area contributed by atoms with Crippen molar-refractivity contribution in [3.63, 3.8) is 0 Å². The highest BCUT2D eigenvalue weighted by atomic mass is 16.4. The Morgan fingerprint density at radius 2 is 1.46 bits per heavy atom. The first-order chi connectivity index (χ1) is 11.5. The summed E-state index contributed by atoms with van der Waals surface area (Å²) in [5.74, 6) is -1.23. The number of nitrogens with two attached hydrogens (primary N) is 1. The number of aliphatic carboxylic acids is 1. The van der Waals surface area contributed by atoms with Crippen LogP contribution in [0, 0.1) is 0 Å². The van der Waals surface area contributed by atoms with Crippen molar-refractivity contribution < 1.29 is 15.0 Å². The van der Waals surface area contributed by atoms with Crippen LogP contribution in [0.4, 0.5) is 0 Å². The highest BCUT2D eigenvalue weighted by Gasteiger charge is 2.15. The van der Waals surface area contributed by atoms with Gasteiger partial charge < -0.3 is 15.9 Å². The highest BCUT2D eigenvalue weighted by Crippen LogP contribution is 2.20. The fraction of sp³-hybridized carbons (Fsp3) is 0.150. The van der Waals surface area contributed by atoms with Gasteiger partial charge in [0.2, 0.25) is 0 Å². The average Bonchev–Trinajstić information content (AvgIpc) is 2.62. The summed E-state index contributed by atoms with van der Waals surface area (Å²) in [5.41, 5.74) is 7.21. The summed E-state index contributed by atoms with van der Waals surface area (Å²) in [5, 5.41) is 20.0. The number of fused-ring (bicyclic) bond motifs is 1. The first kappa shape index (κ1) is 17.7. The third-order valence-corrected chi connectivity index (χ3v) is 3.65. The molecule has 0 radical (unpaired) electrons. The van der Waals surface area contributed by atoms with Crippen LogP contribution in [0.3, 0.4) is 0 Å². The Morgan fingerprint density at radius 1 is 0.875 bits per heavy atom. The van der Waals surface area contributed by atoms with Crippen molar-refractivity contribution in [2.45, 2.75) is 19.1 Å². The molecule has 0 fully saturated rings. The van der Waals surface area contributed by atoms with E-state index in [1.807, 2.05) is 61.5 Å². The van der Waals surface area contributed by atoms with E-state index in [0.717, 1.165) is 10.8 Å². The van der Waals surface area contributed by atoms with E-state index in [0.29, 0.717) is 5.56 Å². The van der Waals surface area contributed by atoms with Crippen LogP contribution < -0.4 is 5.73 Å². The molecule has 4 nitrogen and oxygen atoms in total. The minimum atomic E-state index is -1.45. The molecule has 4 N–H and O–H groups in total. The van der Waals surface area contributed by atoms with Gasteiger partial charge in [0.25, 0.3) is 0 Å². The van der Waals surface area contributed by atoms with Gasteiger partial charge in [0, 0.05) is 6.04 Å². The molecule has 0 heterocycles. The first-order valence-corrected chi connectivity index (χ1v) is 7.69. The minimum Gasteiger partial charge on any atom is -0.479 e. The molecule has 2 atom stereocenters. The average molecular weight is 323 g/mol. The lowest BCUT2D eigenvalue weighted by Crippen LogP contribution is -2.10. The molecule has 0 aliphatic carbocycles. The Balaban J connectivity index is 0.000000198. The summed E-state index contributed by atoms with van der Waals surface area (Å²) in [6, 6.07) is 22.9. The van der Waals surface area contributed by atoms with Gasteiger partial charge in [-0.15, -0.1) is 0 Å². The summed E-state index contributed by atoms with van der Waals surface area (Å²) in [6.07, 6.45) is -1.45. The van der Waals surface area contributed by atoms with E-state index >= 15 is 0 Å². The number of aliphatic hydroxyl groups excluding tert-OH is 1. The van der Waals surface area contributed by atoms with Crippen LogP contribution in [-0.4, -0.2) is 16.2 Å². The zero-order chi connectivity index (χ0) is 17.5. The second-order valence-corrected chi connectivity index (χ2v) is 5.55. The maximum atomic E-state index is 10.6. The van der Waals surface area contributed by atoms with E-state index in [1.54, 1.807) is 18.2 Å². The summed E-state index contributed by atoms with van der Waals surface area (Å²) >= 11 is 0. The van der Waals surface area contributed by atoms with Gasteiger partial charge in [-0.1, -0.05) is 66.7 Å². The Bertz CT molecular complexity index is 800. The van der Waals surface area contributed by atoms with Gasteiger partial charge >= 0.3 is 5.97 Å². The predicted molar refractivity (Wildman–Crippen MR) is 95.6 cm³/mol. The predicted octanol–water partition coefficient (Wildman–Crippen LogP) is 3.66. The number of carbonyl (C=O) groups is 1. The maximum absolute atomic E-state index is 10.6. The number of benzene rings is 3. The molecule has 3 rings (SSSR count). The molecule has 0 bridgehead atoms. The van der Waals surface area contributed by atoms with Crippen LogP contribution in [0.15, 0.2) is 72.8 Å². The van der Waals surface area contributed by atoms with Gasteiger partial charge in [-0.2, -0.15) is 0 Å². The zero-order valence-corrected chi connectivity index (χ0v) is 13.5. The largest absolute Gasteiger partial charge is 0.479 e. The van der Waals surface area contributed by atoms with Crippen LogP contribution in [0.2, 0.25) is 0 Å². The topological polar surface area (TPSA) is 83.6 Å². The van der Waals surface area contributed by atoms with Gasteiger partial charge in [0.15, 0.2) is 6.10 Å². The molecule has 124 valence electrons. The summed E-state index contributed by atoms with van der Waals surface area (Å²) in [6.45, 7) is 1.98. The van der Waals surface area contributed by atoms with Crippen LogP contribution in [0.5, 0.6) is 0 Å². The molecule has 0 aliphatic rings. The van der Waals surface area contributed by atoms with E-state index in [2.05, 4.69) is 0 Å². The van der Waals surface area contributed by atoms with Crippen molar-refractivity contribution in [2.75, 3.05) is 0 Å². The third-order valence-electron chi connectivity index (χ3n) is 3.65. The molecule has 0 amide bonds. The molecule has 0 unspecified atom stereocenters. The minimum absolute atomic E-state index is 0.159. The van der Waals surface area contributed by atoms with Crippen molar-refractivity contribution in [2.24, 2.45) is 5.73 Å². The normalized spacial score (nSPS) is 12.8. The van der Waals surface area contributed by atoms with Gasteiger partial charge in [0.1, 0.15) is 0 Å². The van der Waals surface area contributed by atoms with E-state index in [9.17, 15) is 9.90 Å². The number of rotatable bonds is 3. The third kappa shape index (κ3) is 4.65. The maximum Gasteiger partial charge on any atom is 0.337 e. The Morgan fingerprint density at radius 3 is 2.00 bits per heavy atom. The fourth-order valence-electron chi connectivity index (χ4n) is 2.28. The van der Waals surface area contributed by atoms with Crippen LogP contribution in [-0.2, 0) is 4.79 Å². The molecule has 0 aromatic heterocycles. The van der Waals surface area contributed by atoms with Crippen LogP contribution in [0.25, 0.3) is 10.8 Å². The van der Waals surface area contributed by atoms with E-state index in [-0.39, 0.29) is 6.04 Å². The number of hydrogen-bond donors (Lipinski definition) is 3. The molecular weight excluding hydrogens is 302 g/mol. The van der Waals surface area contributed by atoms with Gasteiger partial charge in [-0.3, -0.25) is 0 Å². The van der Waals surface area contributed by atoms with E-state index < -0.39 is 12.1 Å². The van der Waals surface area contributed by atoms with Crippen LogP contribution >= 0.6 is 0 Å². The Kier molecular flexibility index (Phi) is 6.07. The lowest BCUT2D eigenvalue weighted by Gasteiger charge is -2.06. The number of carboxylic acids is 1. The monoisotopic (exact) mass is 323 g/mol. The smallest absolute Gasteiger partial charge is 0.337 e. The van der Waals surface area contributed by atoms with Crippen LogP contribution in [0.1, 0.15) is 30.2 Å². The second kappa shape index (κ2) is 8.24. The van der Waals surface area contributed by atoms with E-state index in [4.69, 9.17) is 10.8 Å². The van der Waals surface area contributed by atoms with Gasteiger partial charge in [0.05, 0.1) is 0 Å². The lowest BCUT2D eigenvalue weighted by atomic mass is 10.0. The van der Waals surface area contributed by atoms with Crippen molar-refractivity contribution in [3.8, 4) is 0 Å². The van der Waals surface area contributed by atoms with Crippen molar-refractivity contribution in [3.05, 3.63) is 83.9 Å². The molecule has 0 saturated carbocycles. The van der Waals surface area contributed by atoms with Crippen molar-refractivity contribution >= 4 is 16.7 Å². The lowest BCUT2D eigenvalue weighted by molar-refractivity contribution is -0.146. The summed E-state index contributed by atoms with van der Waals surface area (Å²) < 4.78 is 0. The number of aliphatic hydroxyl groups is 1. The molecular formula is C20H21NO3. The standard InChI is InChI=1S/C12H10O3.C8H11N/c13-11(12(14)15)10-6-5-8-3-1-2-4-9(8)7-10;1-7(9)8-5-3-2-4-6-8/h1-7,11,13H,(H,14,15);2-7H,9H2,1H3/t11-;7-/m01/s1. The molecule has 3 aromatic carbocycles. The fourth-order valence-corrected chi connectivity index (χ4v) is 2.28. The second-order valence-electron chi connectivity index (χ2n) is 5.55. The number of carboxylic acid groups (broad SMARTS) is 1. The SMILES string of the molecule is C[C@@H](N)c1ccccc1.O=C(O)[C@@H](O)c1ccc2ccccc2c1. The molecule has 0 saturated heterocycles. The van der Waals surface area contributed by atoms with Gasteiger partial charge in [-0.25, -0.2) is 4.79 Å². The molecule has 24 heavy (non-hydrogen) atoms. The Labute approximate surface area is 141 Å². The molecule has 0 aliphatic heterocycles. The molecule has 0 spiro atoms. The summed E-state index contributed by atoms with van der Waals surface area (Å²) in [7, 11) is 0. The van der Waals surface area contributed by atoms with Gasteiger partial charge in [-0.05, 0) is 34.9 Å².